The van der Waals surface area contributed by atoms with Gasteiger partial charge in [-0.25, -0.2) is 0 Å². The van der Waals surface area contributed by atoms with Gasteiger partial charge in [0, 0.05) is 0 Å². The van der Waals surface area contributed by atoms with Gasteiger partial charge in [0.25, 0.3) is 0 Å². The number of rotatable bonds is 6. The molecule has 1 heteroatoms. The molecule has 0 saturated carbocycles. The van der Waals surface area contributed by atoms with E-state index in [0.29, 0.717) is 24.6 Å². The van der Waals surface area contributed by atoms with Crippen LogP contribution < -0.4 is 0 Å². The van der Waals surface area contributed by atoms with Crippen LogP contribution in [-0.4, -0.2) is 15.0 Å². The van der Waals surface area contributed by atoms with Crippen molar-refractivity contribution in [1.82, 2.24) is 0 Å². The van der Waals surface area contributed by atoms with E-state index >= 15 is 0 Å². The molecule has 0 nitrogen and oxygen atoms in total. The van der Waals surface area contributed by atoms with Crippen LogP contribution in [0.3, 0.4) is 0 Å². The van der Waals surface area contributed by atoms with Crippen LogP contribution >= 0.6 is 0 Å². The van der Waals surface area contributed by atoms with Crippen molar-refractivity contribution < 1.29 is 0 Å². The third-order valence-corrected chi connectivity index (χ3v) is 8.11. The zero-order valence-corrected chi connectivity index (χ0v) is 16.8. The van der Waals surface area contributed by atoms with Crippen LogP contribution in [0.2, 0.25) is 0 Å². The fourth-order valence-corrected chi connectivity index (χ4v) is 6.56. The molecule has 0 amide bonds. The summed E-state index contributed by atoms with van der Waals surface area (Å²) < 4.78 is 0. The summed E-state index contributed by atoms with van der Waals surface area (Å²) in [6, 6.07) is 43.8. The molecular formula is C26H22Se. The molecule has 0 heterocycles. The first-order valence-electron chi connectivity index (χ1n) is 9.27. The Bertz CT molecular complexity index is 774. The summed E-state index contributed by atoms with van der Waals surface area (Å²) in [4.78, 5) is 0.843. The zero-order chi connectivity index (χ0) is 18.3. The van der Waals surface area contributed by atoms with Crippen molar-refractivity contribution in [3.05, 3.63) is 144 Å². The van der Waals surface area contributed by atoms with Crippen molar-refractivity contribution in [2.45, 2.75) is 9.63 Å². The Labute approximate surface area is 168 Å². The summed E-state index contributed by atoms with van der Waals surface area (Å²) in [5.41, 5.74) is 5.61. The van der Waals surface area contributed by atoms with E-state index in [-0.39, 0.29) is 0 Å². The molecule has 0 N–H and O–H groups in total. The van der Waals surface area contributed by atoms with E-state index in [1.165, 1.54) is 22.3 Å². The van der Waals surface area contributed by atoms with Gasteiger partial charge in [-0.3, -0.25) is 0 Å². The minimum absolute atomic E-state index is 0.325. The predicted molar refractivity (Wildman–Crippen MR) is 115 cm³/mol. The SMILES string of the molecule is c1ccc(C([Se]C(c2ccccc2)c2ccccc2)c2ccccc2)cc1. The molecule has 0 aliphatic rings. The van der Waals surface area contributed by atoms with E-state index < -0.39 is 0 Å². The zero-order valence-electron chi connectivity index (χ0n) is 15.1. The van der Waals surface area contributed by atoms with Crippen molar-refractivity contribution in [3.63, 3.8) is 0 Å². The van der Waals surface area contributed by atoms with Crippen molar-refractivity contribution in [3.8, 4) is 0 Å². The van der Waals surface area contributed by atoms with Crippen molar-refractivity contribution in [2.24, 2.45) is 0 Å². The molecule has 132 valence electrons. The Morgan fingerprint density at radius 3 is 0.778 bits per heavy atom. The van der Waals surface area contributed by atoms with E-state index in [4.69, 9.17) is 0 Å². The summed E-state index contributed by atoms with van der Waals surface area (Å²) in [5.74, 6) is 0. The molecule has 0 aliphatic heterocycles. The topological polar surface area (TPSA) is 0 Å². The van der Waals surface area contributed by atoms with E-state index in [1.807, 2.05) is 0 Å². The molecule has 0 bridgehead atoms. The molecule has 0 saturated heterocycles. The summed E-state index contributed by atoms with van der Waals surface area (Å²) in [6.07, 6.45) is 0. The first-order valence-corrected chi connectivity index (χ1v) is 11.2. The Kier molecular flexibility index (Phi) is 5.84. The molecule has 0 unspecified atom stereocenters. The van der Waals surface area contributed by atoms with Crippen LogP contribution in [0.5, 0.6) is 0 Å². The second-order valence-electron chi connectivity index (χ2n) is 6.54. The summed E-state index contributed by atoms with van der Waals surface area (Å²) in [5, 5.41) is 0. The van der Waals surface area contributed by atoms with Crippen molar-refractivity contribution in [1.29, 1.82) is 0 Å². The van der Waals surface area contributed by atoms with Gasteiger partial charge < -0.3 is 0 Å². The molecule has 4 aromatic carbocycles. The second kappa shape index (κ2) is 8.86. The van der Waals surface area contributed by atoms with Gasteiger partial charge in [0.2, 0.25) is 0 Å². The van der Waals surface area contributed by atoms with Gasteiger partial charge >= 0.3 is 168 Å². The second-order valence-corrected chi connectivity index (χ2v) is 9.09. The Hall–Kier alpha value is -2.60. The van der Waals surface area contributed by atoms with E-state index in [0.717, 1.165) is 0 Å². The molecule has 0 atom stereocenters. The van der Waals surface area contributed by atoms with Crippen LogP contribution in [-0.2, 0) is 0 Å². The summed E-state index contributed by atoms with van der Waals surface area (Å²) in [7, 11) is 0. The van der Waals surface area contributed by atoms with Crippen LogP contribution in [0, 0.1) is 0 Å². The van der Waals surface area contributed by atoms with Gasteiger partial charge in [0.05, 0.1) is 0 Å². The number of benzene rings is 4. The average Bonchev–Trinajstić information content (AvgIpc) is 2.77. The van der Waals surface area contributed by atoms with Crippen LogP contribution in [0.15, 0.2) is 121 Å². The number of hydrogen-bond acceptors (Lipinski definition) is 0. The maximum absolute atomic E-state index is 2.27. The number of hydrogen-bond donors (Lipinski definition) is 0. The van der Waals surface area contributed by atoms with Gasteiger partial charge in [0.1, 0.15) is 0 Å². The molecule has 0 aliphatic carbocycles. The maximum atomic E-state index is 2.27. The first-order chi connectivity index (χ1) is 13.4. The van der Waals surface area contributed by atoms with Gasteiger partial charge in [0.15, 0.2) is 0 Å². The quantitative estimate of drug-likeness (QED) is 0.327. The fourth-order valence-electron chi connectivity index (χ4n) is 3.35. The first kappa shape index (κ1) is 17.8. The molecule has 0 radical (unpaired) electrons. The molecule has 27 heavy (non-hydrogen) atoms. The normalized spacial score (nSPS) is 11.0. The van der Waals surface area contributed by atoms with E-state index in [2.05, 4.69) is 121 Å². The third kappa shape index (κ3) is 4.39. The standard InChI is InChI=1S/C26H22Se/c1-5-13-21(14-6-1)25(22-15-7-2-8-16-22)27-26(23-17-9-3-10-18-23)24-19-11-4-12-20-24/h1-20,25-26H. The van der Waals surface area contributed by atoms with Crippen LogP contribution in [0.4, 0.5) is 0 Å². The van der Waals surface area contributed by atoms with Gasteiger partial charge in [-0.15, -0.1) is 0 Å². The minimum atomic E-state index is 0.325. The monoisotopic (exact) mass is 414 g/mol. The van der Waals surface area contributed by atoms with Gasteiger partial charge in [-0.2, -0.15) is 0 Å². The Balaban J connectivity index is 1.77. The Morgan fingerprint density at radius 2 is 0.556 bits per heavy atom. The average molecular weight is 413 g/mol. The molecule has 0 aromatic heterocycles. The molecule has 4 aromatic rings. The molecule has 0 fully saturated rings. The van der Waals surface area contributed by atoms with Gasteiger partial charge in [-0.05, 0) is 0 Å². The van der Waals surface area contributed by atoms with E-state index in [1.54, 1.807) is 0 Å². The Morgan fingerprint density at radius 1 is 0.333 bits per heavy atom. The van der Waals surface area contributed by atoms with E-state index in [9.17, 15) is 0 Å². The van der Waals surface area contributed by atoms with Crippen molar-refractivity contribution in [2.75, 3.05) is 0 Å². The fraction of sp³-hybridized carbons (Fsp3) is 0.0769. The summed E-state index contributed by atoms with van der Waals surface area (Å²) >= 11 is 0.325. The summed E-state index contributed by atoms with van der Waals surface area (Å²) in [6.45, 7) is 0. The molecular weight excluding hydrogens is 391 g/mol. The van der Waals surface area contributed by atoms with Gasteiger partial charge in [-0.1, -0.05) is 0 Å². The van der Waals surface area contributed by atoms with Crippen LogP contribution in [0.1, 0.15) is 31.9 Å². The predicted octanol–water partition coefficient (Wildman–Crippen LogP) is 6.27. The third-order valence-electron chi connectivity index (χ3n) is 4.68. The van der Waals surface area contributed by atoms with Crippen molar-refractivity contribution >= 4 is 15.0 Å². The molecule has 4 rings (SSSR count). The molecule has 0 spiro atoms. The van der Waals surface area contributed by atoms with Crippen LogP contribution in [0.25, 0.3) is 0 Å².